The van der Waals surface area contributed by atoms with Crippen molar-refractivity contribution in [2.45, 2.75) is 26.7 Å². The van der Waals surface area contributed by atoms with Gasteiger partial charge in [0, 0.05) is 29.2 Å². The molecule has 0 aliphatic heterocycles. The Hall–Kier alpha value is -2.35. The number of nitrogens with one attached hydrogen (secondary N) is 1. The van der Waals surface area contributed by atoms with Gasteiger partial charge in [0.2, 0.25) is 0 Å². The lowest BCUT2D eigenvalue weighted by atomic mass is 9.97. The van der Waals surface area contributed by atoms with Gasteiger partial charge in [0.05, 0.1) is 0 Å². The summed E-state index contributed by atoms with van der Waals surface area (Å²) >= 11 is 0. The lowest BCUT2D eigenvalue weighted by molar-refractivity contribution is 0.857. The molecule has 1 heterocycles. The van der Waals surface area contributed by atoms with Crippen LogP contribution in [0.2, 0.25) is 0 Å². The molecular weight excluding hydrogens is 256 g/mol. The number of rotatable bonds is 3. The molecule has 2 nitrogen and oxygen atoms in total. The molecule has 1 N–H and O–H groups in total. The van der Waals surface area contributed by atoms with E-state index in [4.69, 9.17) is 0 Å². The maximum absolute atomic E-state index is 4.18. The fraction of sp³-hybridized carbons (Fsp3) is 0.211. The first-order valence-corrected chi connectivity index (χ1v) is 7.35. The van der Waals surface area contributed by atoms with E-state index < -0.39 is 0 Å². The Labute approximate surface area is 125 Å². The van der Waals surface area contributed by atoms with Crippen LogP contribution in [0.3, 0.4) is 0 Å². The smallest absolute Gasteiger partial charge is 0.0391 e. The summed E-state index contributed by atoms with van der Waals surface area (Å²) in [6.45, 7) is 6.63. The summed E-state index contributed by atoms with van der Waals surface area (Å²) in [6, 6.07) is 15.0. The summed E-state index contributed by atoms with van der Waals surface area (Å²) in [5.74, 6) is 0.561. The average Bonchev–Trinajstić information content (AvgIpc) is 2.47. The van der Waals surface area contributed by atoms with Gasteiger partial charge in [-0.2, -0.15) is 0 Å². The van der Waals surface area contributed by atoms with Crippen LogP contribution in [0.4, 0.5) is 11.4 Å². The number of pyridine rings is 1. The van der Waals surface area contributed by atoms with Crippen molar-refractivity contribution in [1.29, 1.82) is 0 Å². The lowest BCUT2D eigenvalue weighted by Crippen LogP contribution is -1.95. The highest BCUT2D eigenvalue weighted by molar-refractivity contribution is 5.85. The number of nitrogens with zero attached hydrogens (tertiary/aromatic N) is 1. The zero-order valence-corrected chi connectivity index (χ0v) is 12.7. The lowest BCUT2D eigenvalue weighted by Gasteiger charge is -2.13. The second-order valence-electron chi connectivity index (χ2n) is 5.79. The molecule has 2 aromatic carbocycles. The minimum atomic E-state index is 0.561. The topological polar surface area (TPSA) is 24.9 Å². The van der Waals surface area contributed by atoms with Crippen LogP contribution in [0.15, 0.2) is 54.9 Å². The van der Waals surface area contributed by atoms with E-state index in [0.717, 1.165) is 16.8 Å². The molecule has 0 amide bonds. The van der Waals surface area contributed by atoms with Gasteiger partial charge < -0.3 is 5.32 Å². The van der Waals surface area contributed by atoms with Crippen LogP contribution in [-0.2, 0) is 0 Å². The molecule has 0 aliphatic rings. The van der Waals surface area contributed by atoms with Crippen molar-refractivity contribution in [3.8, 4) is 0 Å². The van der Waals surface area contributed by atoms with E-state index in [1.807, 2.05) is 18.5 Å². The summed E-state index contributed by atoms with van der Waals surface area (Å²) < 4.78 is 0. The standard InChI is InChI=1S/C19H20N2/c1-13(2)19-7-6-17(10-14(19)3)21-18-5-4-15-8-9-20-12-16(15)11-18/h4-13,21H,1-3H3. The maximum atomic E-state index is 4.18. The first-order chi connectivity index (χ1) is 10.1. The minimum absolute atomic E-state index is 0.561. The highest BCUT2D eigenvalue weighted by atomic mass is 14.9. The van der Waals surface area contributed by atoms with E-state index in [1.165, 1.54) is 16.5 Å². The summed E-state index contributed by atoms with van der Waals surface area (Å²) in [6.07, 6.45) is 3.72. The van der Waals surface area contributed by atoms with Gasteiger partial charge in [-0.3, -0.25) is 4.98 Å². The number of fused-ring (bicyclic) bond motifs is 1. The Morgan fingerprint density at radius 3 is 2.43 bits per heavy atom. The van der Waals surface area contributed by atoms with Crippen LogP contribution >= 0.6 is 0 Å². The minimum Gasteiger partial charge on any atom is -0.356 e. The van der Waals surface area contributed by atoms with E-state index in [1.54, 1.807) is 0 Å². The largest absolute Gasteiger partial charge is 0.356 e. The van der Waals surface area contributed by atoms with Crippen molar-refractivity contribution in [3.05, 3.63) is 66.0 Å². The molecule has 1 aromatic heterocycles. The molecule has 0 unspecified atom stereocenters. The molecule has 0 spiro atoms. The van der Waals surface area contributed by atoms with E-state index in [-0.39, 0.29) is 0 Å². The molecule has 0 aliphatic carbocycles. The van der Waals surface area contributed by atoms with E-state index in [2.05, 4.69) is 67.5 Å². The summed E-state index contributed by atoms with van der Waals surface area (Å²) in [5, 5.41) is 5.84. The molecule has 0 atom stereocenters. The molecule has 2 heteroatoms. The molecule has 0 saturated carbocycles. The molecule has 3 aromatic rings. The number of aromatic nitrogens is 1. The summed E-state index contributed by atoms with van der Waals surface area (Å²) in [7, 11) is 0. The third-order valence-electron chi connectivity index (χ3n) is 3.82. The van der Waals surface area contributed by atoms with E-state index >= 15 is 0 Å². The fourth-order valence-corrected chi connectivity index (χ4v) is 2.73. The quantitative estimate of drug-likeness (QED) is 0.691. The first-order valence-electron chi connectivity index (χ1n) is 7.35. The number of hydrogen-bond donors (Lipinski definition) is 1. The van der Waals surface area contributed by atoms with Gasteiger partial charge in [0.25, 0.3) is 0 Å². The normalized spacial score (nSPS) is 11.0. The third-order valence-corrected chi connectivity index (χ3v) is 3.82. The Balaban J connectivity index is 1.89. The van der Waals surface area contributed by atoms with Crippen molar-refractivity contribution in [2.24, 2.45) is 0 Å². The first kappa shape index (κ1) is 13.6. The number of hydrogen-bond acceptors (Lipinski definition) is 2. The number of anilines is 2. The van der Waals surface area contributed by atoms with Crippen molar-refractivity contribution in [2.75, 3.05) is 5.32 Å². The van der Waals surface area contributed by atoms with Gasteiger partial charge in [0.1, 0.15) is 0 Å². The second-order valence-corrected chi connectivity index (χ2v) is 5.79. The monoisotopic (exact) mass is 276 g/mol. The molecule has 21 heavy (non-hydrogen) atoms. The van der Waals surface area contributed by atoms with Gasteiger partial charge >= 0.3 is 0 Å². The van der Waals surface area contributed by atoms with E-state index in [9.17, 15) is 0 Å². The van der Waals surface area contributed by atoms with Crippen LogP contribution in [0.1, 0.15) is 30.9 Å². The van der Waals surface area contributed by atoms with Crippen LogP contribution in [-0.4, -0.2) is 4.98 Å². The van der Waals surface area contributed by atoms with Crippen LogP contribution in [0, 0.1) is 6.92 Å². The molecule has 0 saturated heterocycles. The van der Waals surface area contributed by atoms with Crippen molar-refractivity contribution >= 4 is 22.1 Å². The van der Waals surface area contributed by atoms with Gasteiger partial charge in [-0.15, -0.1) is 0 Å². The SMILES string of the molecule is Cc1cc(Nc2ccc3ccncc3c2)ccc1C(C)C. The van der Waals surface area contributed by atoms with Crippen LogP contribution in [0.25, 0.3) is 10.8 Å². The molecule has 0 bridgehead atoms. The second kappa shape index (κ2) is 5.57. The number of benzene rings is 2. The highest BCUT2D eigenvalue weighted by Gasteiger charge is 2.04. The Morgan fingerprint density at radius 1 is 0.905 bits per heavy atom. The van der Waals surface area contributed by atoms with Crippen molar-refractivity contribution < 1.29 is 0 Å². The van der Waals surface area contributed by atoms with Gasteiger partial charge in [-0.05, 0) is 59.7 Å². The zero-order valence-electron chi connectivity index (χ0n) is 12.7. The Kier molecular flexibility index (Phi) is 3.61. The van der Waals surface area contributed by atoms with E-state index in [0.29, 0.717) is 5.92 Å². The summed E-state index contributed by atoms with van der Waals surface area (Å²) in [5.41, 5.74) is 4.95. The molecule has 3 rings (SSSR count). The van der Waals surface area contributed by atoms with Gasteiger partial charge in [-0.1, -0.05) is 26.0 Å². The van der Waals surface area contributed by atoms with Crippen LogP contribution < -0.4 is 5.32 Å². The molecule has 0 fully saturated rings. The van der Waals surface area contributed by atoms with Crippen molar-refractivity contribution in [1.82, 2.24) is 4.98 Å². The molecule has 106 valence electrons. The predicted molar refractivity (Wildman–Crippen MR) is 90.3 cm³/mol. The fourth-order valence-electron chi connectivity index (χ4n) is 2.73. The average molecular weight is 276 g/mol. The van der Waals surface area contributed by atoms with Gasteiger partial charge in [-0.25, -0.2) is 0 Å². The van der Waals surface area contributed by atoms with Crippen molar-refractivity contribution in [3.63, 3.8) is 0 Å². The predicted octanol–water partition coefficient (Wildman–Crippen LogP) is 5.41. The Bertz CT molecular complexity index is 775. The van der Waals surface area contributed by atoms with Gasteiger partial charge in [0.15, 0.2) is 0 Å². The molecular formula is C19H20N2. The number of aryl methyl sites for hydroxylation is 1. The zero-order chi connectivity index (χ0) is 14.8. The summed E-state index contributed by atoms with van der Waals surface area (Å²) in [4.78, 5) is 4.18. The third kappa shape index (κ3) is 2.89. The highest BCUT2D eigenvalue weighted by Crippen LogP contribution is 2.26. The van der Waals surface area contributed by atoms with Crippen LogP contribution in [0.5, 0.6) is 0 Å². The Morgan fingerprint density at radius 2 is 1.67 bits per heavy atom. The molecule has 0 radical (unpaired) electrons. The maximum Gasteiger partial charge on any atom is 0.0391 e.